The van der Waals surface area contributed by atoms with Crippen LogP contribution in [0.3, 0.4) is 0 Å². The van der Waals surface area contributed by atoms with Crippen molar-refractivity contribution >= 4 is 13.3 Å². The molecule has 1 rings (SSSR count). The molecule has 0 radical (unpaired) electrons. The van der Waals surface area contributed by atoms with Gasteiger partial charge < -0.3 is 0 Å². The van der Waals surface area contributed by atoms with Gasteiger partial charge in [0, 0.05) is 0 Å². The van der Waals surface area contributed by atoms with Gasteiger partial charge in [0.1, 0.15) is 0 Å². The molecule has 0 aliphatic heterocycles. The SMILES string of the molecule is [CH3][Cu]([CH3])[SiH2]c1ccccc1. The Morgan fingerprint density at radius 3 is 2.20 bits per heavy atom. The zero-order chi connectivity index (χ0) is 7.40. The summed E-state index contributed by atoms with van der Waals surface area (Å²) in [6, 6.07) is 10.8. The van der Waals surface area contributed by atoms with Crippen molar-refractivity contribution < 1.29 is 13.3 Å². The van der Waals surface area contributed by atoms with Crippen LogP contribution in [0.1, 0.15) is 0 Å². The van der Waals surface area contributed by atoms with Gasteiger partial charge in [0.25, 0.3) is 0 Å². The zero-order valence-electron chi connectivity index (χ0n) is 6.40. The molecule has 0 fully saturated rings. The molecule has 0 unspecified atom stereocenters. The fourth-order valence-electron chi connectivity index (χ4n) is 0.795. The van der Waals surface area contributed by atoms with Gasteiger partial charge in [-0.3, -0.25) is 0 Å². The van der Waals surface area contributed by atoms with Crippen molar-refractivity contribution in [3.8, 4) is 0 Å². The maximum absolute atomic E-state index is 2.33. The molecule has 1 aromatic rings. The number of hydrogen-bond donors (Lipinski definition) is 0. The van der Waals surface area contributed by atoms with Gasteiger partial charge in [-0.25, -0.2) is 0 Å². The molecule has 0 saturated heterocycles. The van der Waals surface area contributed by atoms with E-state index in [4.69, 9.17) is 0 Å². The van der Waals surface area contributed by atoms with E-state index >= 15 is 0 Å². The average molecular weight is 201 g/mol. The Hall–Kier alpha value is -0.0436. The van der Waals surface area contributed by atoms with Gasteiger partial charge in [-0.1, -0.05) is 0 Å². The minimum atomic E-state index is 0.0442. The second kappa shape index (κ2) is 3.97. The van der Waals surface area contributed by atoms with E-state index in [0.29, 0.717) is 0 Å². The van der Waals surface area contributed by atoms with Crippen molar-refractivity contribution in [3.63, 3.8) is 0 Å². The molecule has 0 bridgehead atoms. The van der Waals surface area contributed by atoms with Crippen molar-refractivity contribution in [3.05, 3.63) is 30.3 Å². The number of benzene rings is 1. The summed E-state index contributed by atoms with van der Waals surface area (Å²) in [5, 5.41) is 1.59. The van der Waals surface area contributed by atoms with E-state index in [1.807, 2.05) is 0 Å². The van der Waals surface area contributed by atoms with Gasteiger partial charge in [-0.15, -0.1) is 0 Å². The standard InChI is InChI=1S/C6H7Si.2CH3.Cu/c7-6-4-2-1-3-5-6;;;/h1-5H,7H2;2*1H3;. The Kier molecular flexibility index (Phi) is 3.20. The molecule has 0 nitrogen and oxygen atoms in total. The van der Waals surface area contributed by atoms with Crippen molar-refractivity contribution in [1.82, 2.24) is 0 Å². The summed E-state index contributed by atoms with van der Waals surface area (Å²) in [6.07, 6.45) is 0. The summed E-state index contributed by atoms with van der Waals surface area (Å²) in [5.74, 6) is 4.65. The molecular formula is C8H13CuSi. The Balaban J connectivity index is 2.59. The normalized spacial score (nSPS) is 12.4. The predicted octanol–water partition coefficient (Wildman–Crippen LogP) is 1.11. The third-order valence-corrected chi connectivity index (χ3v) is 5.47. The molecule has 0 heterocycles. The Morgan fingerprint density at radius 2 is 1.70 bits per heavy atom. The summed E-state index contributed by atoms with van der Waals surface area (Å²) in [5.41, 5.74) is 0. The zero-order valence-corrected chi connectivity index (χ0v) is 8.75. The molecule has 0 spiro atoms. The molecule has 0 atom stereocenters. The van der Waals surface area contributed by atoms with Gasteiger partial charge >= 0.3 is 68.5 Å². The van der Waals surface area contributed by atoms with E-state index in [1.54, 1.807) is 5.19 Å². The Labute approximate surface area is 68.8 Å². The van der Waals surface area contributed by atoms with E-state index in [1.165, 1.54) is 0 Å². The van der Waals surface area contributed by atoms with Crippen LogP contribution in [0.15, 0.2) is 30.3 Å². The van der Waals surface area contributed by atoms with E-state index in [9.17, 15) is 0 Å². The van der Waals surface area contributed by atoms with Crippen LogP contribution in [0.5, 0.6) is 0 Å². The van der Waals surface area contributed by atoms with Crippen LogP contribution in [0.4, 0.5) is 0 Å². The van der Waals surface area contributed by atoms with Crippen molar-refractivity contribution in [2.75, 3.05) is 0 Å². The first-order valence-corrected chi connectivity index (χ1v) is 8.09. The quantitative estimate of drug-likeness (QED) is 0.628. The van der Waals surface area contributed by atoms with Crippen molar-refractivity contribution in [2.24, 2.45) is 0 Å². The van der Waals surface area contributed by atoms with E-state index in [-0.39, 0.29) is 8.13 Å². The monoisotopic (exact) mass is 200 g/mol. The van der Waals surface area contributed by atoms with Crippen LogP contribution in [-0.4, -0.2) is 8.13 Å². The third-order valence-electron chi connectivity index (χ3n) is 1.18. The summed E-state index contributed by atoms with van der Waals surface area (Å²) in [7, 11) is 0.0442. The fraction of sp³-hybridized carbons (Fsp3) is 0.250. The van der Waals surface area contributed by atoms with Crippen LogP contribution in [-0.2, 0) is 13.3 Å². The molecule has 0 aliphatic carbocycles. The molecule has 0 amide bonds. The summed E-state index contributed by atoms with van der Waals surface area (Å²) in [6.45, 7) is 0. The van der Waals surface area contributed by atoms with Gasteiger partial charge in [-0.05, 0) is 0 Å². The predicted molar refractivity (Wildman–Crippen MR) is 46.3 cm³/mol. The first-order valence-electron chi connectivity index (χ1n) is 3.08. The van der Waals surface area contributed by atoms with Crippen molar-refractivity contribution in [2.45, 2.75) is 11.6 Å². The second-order valence-corrected chi connectivity index (χ2v) is 10.1. The molecule has 60 valence electrons. The summed E-state index contributed by atoms with van der Waals surface area (Å²) >= 11 is 0.731. The van der Waals surface area contributed by atoms with E-state index in [0.717, 1.165) is 13.3 Å². The third kappa shape index (κ3) is 2.69. The van der Waals surface area contributed by atoms with Crippen LogP contribution in [0.25, 0.3) is 0 Å². The Bertz CT molecular complexity index is 184. The first-order chi connectivity index (χ1) is 4.79. The molecule has 0 aliphatic rings. The minimum absolute atomic E-state index is 0.0442. The molecule has 10 heavy (non-hydrogen) atoms. The van der Waals surface area contributed by atoms with Gasteiger partial charge in [0.15, 0.2) is 0 Å². The molecule has 0 aromatic heterocycles. The molecular weight excluding hydrogens is 188 g/mol. The Morgan fingerprint density at radius 1 is 1.10 bits per heavy atom. The average Bonchev–Trinajstić information content (AvgIpc) is 1.88. The molecule has 0 saturated carbocycles. The van der Waals surface area contributed by atoms with E-state index in [2.05, 4.69) is 42.0 Å². The molecule has 2 heteroatoms. The molecule has 1 aromatic carbocycles. The van der Waals surface area contributed by atoms with Crippen LogP contribution < -0.4 is 5.19 Å². The number of hydrogen-bond acceptors (Lipinski definition) is 0. The second-order valence-electron chi connectivity index (χ2n) is 2.32. The maximum atomic E-state index is 2.33. The summed E-state index contributed by atoms with van der Waals surface area (Å²) < 4.78 is 0. The van der Waals surface area contributed by atoms with Gasteiger partial charge in [-0.2, -0.15) is 0 Å². The van der Waals surface area contributed by atoms with Crippen LogP contribution in [0.2, 0.25) is 11.6 Å². The van der Waals surface area contributed by atoms with Crippen LogP contribution >= 0.6 is 0 Å². The van der Waals surface area contributed by atoms with E-state index < -0.39 is 0 Å². The van der Waals surface area contributed by atoms with Crippen LogP contribution in [0, 0.1) is 0 Å². The van der Waals surface area contributed by atoms with Gasteiger partial charge in [0.05, 0.1) is 0 Å². The van der Waals surface area contributed by atoms with Crippen molar-refractivity contribution in [1.29, 1.82) is 0 Å². The fourth-order valence-corrected chi connectivity index (χ4v) is 4.67. The number of rotatable bonds is 2. The molecule has 0 N–H and O–H groups in total. The first kappa shape index (κ1) is 8.06. The summed E-state index contributed by atoms with van der Waals surface area (Å²) in [4.78, 5) is 0. The topological polar surface area (TPSA) is 0 Å². The van der Waals surface area contributed by atoms with Gasteiger partial charge in [0.2, 0.25) is 0 Å².